The van der Waals surface area contributed by atoms with Crippen LogP contribution < -0.4 is 11.1 Å². The molecule has 2 aromatic heterocycles. The Morgan fingerprint density at radius 1 is 1.13 bits per heavy atom. The molecule has 3 aromatic rings. The molecule has 3 N–H and O–H groups in total. The van der Waals surface area contributed by atoms with Crippen molar-refractivity contribution in [2.75, 3.05) is 18.4 Å². The number of nitrogens with one attached hydrogen (secondary N) is 1. The van der Waals surface area contributed by atoms with Gasteiger partial charge in [-0.3, -0.25) is 0 Å². The van der Waals surface area contributed by atoms with Gasteiger partial charge >= 0.3 is 0 Å². The summed E-state index contributed by atoms with van der Waals surface area (Å²) < 4.78 is 1.95. The third kappa shape index (κ3) is 2.57. The first-order chi connectivity index (χ1) is 11.4. The molecule has 0 saturated carbocycles. The topological polar surface area (TPSA) is 68.2 Å². The molecule has 0 atom stereocenters. The van der Waals surface area contributed by atoms with Crippen LogP contribution in [0.15, 0.2) is 36.4 Å². The van der Waals surface area contributed by atoms with Gasteiger partial charge in [-0.05, 0) is 25.7 Å². The van der Waals surface area contributed by atoms with E-state index in [9.17, 15) is 0 Å². The number of nitrogens with zero attached hydrogens (tertiary/aromatic N) is 3. The zero-order valence-corrected chi connectivity index (χ0v) is 13.1. The Hall–Kier alpha value is -2.40. The quantitative estimate of drug-likeness (QED) is 0.777. The summed E-state index contributed by atoms with van der Waals surface area (Å²) in [6, 6.07) is 12.3. The molecule has 0 unspecified atom stereocenters. The predicted molar refractivity (Wildman–Crippen MR) is 92.6 cm³/mol. The lowest BCUT2D eigenvalue weighted by atomic mass is 9.96. The third-order valence-corrected chi connectivity index (χ3v) is 4.38. The van der Waals surface area contributed by atoms with Crippen LogP contribution in [0.2, 0.25) is 0 Å². The maximum absolute atomic E-state index is 5.68. The molecule has 1 aliphatic carbocycles. The zero-order valence-electron chi connectivity index (χ0n) is 13.1. The number of nitrogens with two attached hydrogens (primary N) is 1. The van der Waals surface area contributed by atoms with Gasteiger partial charge in [0.15, 0.2) is 5.65 Å². The highest BCUT2D eigenvalue weighted by Crippen LogP contribution is 2.29. The second-order valence-corrected chi connectivity index (χ2v) is 5.97. The number of benzene rings is 1. The van der Waals surface area contributed by atoms with E-state index in [0.29, 0.717) is 6.54 Å². The lowest BCUT2D eigenvalue weighted by Gasteiger charge is -2.20. The van der Waals surface area contributed by atoms with Crippen molar-refractivity contribution in [2.45, 2.75) is 25.7 Å². The Kier molecular flexibility index (Phi) is 3.71. The van der Waals surface area contributed by atoms with Gasteiger partial charge < -0.3 is 11.1 Å². The van der Waals surface area contributed by atoms with E-state index in [-0.39, 0.29) is 0 Å². The highest BCUT2D eigenvalue weighted by molar-refractivity contribution is 5.67. The number of fused-ring (bicyclic) bond motifs is 2. The Morgan fingerprint density at radius 2 is 1.96 bits per heavy atom. The fraction of sp³-hybridized carbons (Fsp3) is 0.333. The fourth-order valence-electron chi connectivity index (χ4n) is 3.27. The lowest BCUT2D eigenvalue weighted by Crippen LogP contribution is -2.19. The molecule has 1 aliphatic rings. The van der Waals surface area contributed by atoms with Crippen molar-refractivity contribution in [3.05, 3.63) is 47.7 Å². The normalized spacial score (nSPS) is 14.0. The van der Waals surface area contributed by atoms with Crippen LogP contribution in [0.4, 0.5) is 5.82 Å². The minimum absolute atomic E-state index is 0.603. The van der Waals surface area contributed by atoms with Crippen molar-refractivity contribution in [3.63, 3.8) is 0 Å². The monoisotopic (exact) mass is 307 g/mol. The maximum Gasteiger partial charge on any atom is 0.158 e. The molecule has 4 rings (SSSR count). The summed E-state index contributed by atoms with van der Waals surface area (Å²) in [7, 11) is 0. The van der Waals surface area contributed by atoms with Crippen molar-refractivity contribution in [1.29, 1.82) is 0 Å². The summed E-state index contributed by atoms with van der Waals surface area (Å²) in [6.45, 7) is 1.34. The summed E-state index contributed by atoms with van der Waals surface area (Å²) in [6.07, 6.45) is 4.54. The molecular weight excluding hydrogens is 286 g/mol. The van der Waals surface area contributed by atoms with Gasteiger partial charge in [-0.2, -0.15) is 9.61 Å². The van der Waals surface area contributed by atoms with E-state index >= 15 is 0 Å². The standard InChI is InChI=1S/C18H21N5/c19-10-11-20-18-14-8-4-5-9-15(14)21-17-12-16(22-23(17)18)13-6-2-1-3-7-13/h1-3,6-7,12,20H,4-5,8-11,19H2. The average molecular weight is 307 g/mol. The van der Waals surface area contributed by atoms with Crippen LogP contribution in [-0.2, 0) is 12.8 Å². The molecule has 0 bridgehead atoms. The van der Waals surface area contributed by atoms with Crippen LogP contribution in [-0.4, -0.2) is 27.7 Å². The second kappa shape index (κ2) is 6.01. The van der Waals surface area contributed by atoms with Gasteiger partial charge in [-0.15, -0.1) is 0 Å². The minimum Gasteiger partial charge on any atom is -0.368 e. The molecule has 5 heteroatoms. The van der Waals surface area contributed by atoms with E-state index in [0.717, 1.165) is 42.1 Å². The molecule has 0 spiro atoms. The number of rotatable bonds is 4. The first-order valence-electron chi connectivity index (χ1n) is 8.27. The molecule has 0 aliphatic heterocycles. The lowest BCUT2D eigenvalue weighted by molar-refractivity contribution is 0.661. The SMILES string of the molecule is NCCNc1c2c(nc3cc(-c4ccccc4)nn13)CCCC2. The largest absolute Gasteiger partial charge is 0.368 e. The number of hydrogen-bond donors (Lipinski definition) is 2. The van der Waals surface area contributed by atoms with Crippen molar-refractivity contribution in [1.82, 2.24) is 14.6 Å². The van der Waals surface area contributed by atoms with E-state index in [1.54, 1.807) is 0 Å². The number of aromatic nitrogens is 3. The molecule has 118 valence electrons. The highest BCUT2D eigenvalue weighted by atomic mass is 15.3. The number of aryl methyl sites for hydroxylation is 1. The molecule has 23 heavy (non-hydrogen) atoms. The first-order valence-corrected chi connectivity index (χ1v) is 8.27. The van der Waals surface area contributed by atoms with Crippen molar-refractivity contribution in [3.8, 4) is 11.3 Å². The van der Waals surface area contributed by atoms with Crippen LogP contribution in [0.5, 0.6) is 0 Å². The van der Waals surface area contributed by atoms with Gasteiger partial charge in [-0.1, -0.05) is 30.3 Å². The molecule has 0 radical (unpaired) electrons. The Balaban J connectivity index is 1.89. The van der Waals surface area contributed by atoms with E-state index in [2.05, 4.69) is 23.5 Å². The molecular formula is C18H21N5. The van der Waals surface area contributed by atoms with E-state index in [1.807, 2.05) is 22.7 Å². The van der Waals surface area contributed by atoms with E-state index in [1.165, 1.54) is 24.1 Å². The van der Waals surface area contributed by atoms with E-state index in [4.69, 9.17) is 15.8 Å². The predicted octanol–water partition coefficient (Wildman–Crippen LogP) is 2.65. The Morgan fingerprint density at radius 3 is 2.78 bits per heavy atom. The number of anilines is 1. The number of hydrogen-bond acceptors (Lipinski definition) is 4. The van der Waals surface area contributed by atoms with Crippen molar-refractivity contribution >= 4 is 11.5 Å². The van der Waals surface area contributed by atoms with Crippen LogP contribution in [0.3, 0.4) is 0 Å². The molecule has 0 saturated heterocycles. The molecule has 2 heterocycles. The summed E-state index contributed by atoms with van der Waals surface area (Å²) in [5, 5.41) is 8.26. The fourth-order valence-corrected chi connectivity index (χ4v) is 3.27. The second-order valence-electron chi connectivity index (χ2n) is 5.97. The van der Waals surface area contributed by atoms with Crippen molar-refractivity contribution < 1.29 is 0 Å². The van der Waals surface area contributed by atoms with Crippen LogP contribution in [0, 0.1) is 0 Å². The Labute approximate surface area is 135 Å². The highest BCUT2D eigenvalue weighted by Gasteiger charge is 2.19. The summed E-state index contributed by atoms with van der Waals surface area (Å²) in [5.41, 5.74) is 11.2. The van der Waals surface area contributed by atoms with Gasteiger partial charge in [0.05, 0.1) is 5.69 Å². The van der Waals surface area contributed by atoms with Gasteiger partial charge in [0.1, 0.15) is 5.82 Å². The zero-order chi connectivity index (χ0) is 15.6. The van der Waals surface area contributed by atoms with Crippen LogP contribution in [0.25, 0.3) is 16.9 Å². The van der Waals surface area contributed by atoms with Crippen LogP contribution in [0.1, 0.15) is 24.1 Å². The molecule has 0 fully saturated rings. The minimum atomic E-state index is 0.603. The van der Waals surface area contributed by atoms with E-state index < -0.39 is 0 Å². The Bertz CT molecular complexity index is 822. The van der Waals surface area contributed by atoms with Gasteiger partial charge in [0, 0.05) is 36.0 Å². The third-order valence-electron chi connectivity index (χ3n) is 4.38. The first kappa shape index (κ1) is 14.2. The molecule has 0 amide bonds. The average Bonchev–Trinajstić information content (AvgIpc) is 3.03. The summed E-state index contributed by atoms with van der Waals surface area (Å²) >= 11 is 0. The maximum atomic E-state index is 5.68. The smallest absolute Gasteiger partial charge is 0.158 e. The van der Waals surface area contributed by atoms with Gasteiger partial charge in [0.2, 0.25) is 0 Å². The molecule has 5 nitrogen and oxygen atoms in total. The van der Waals surface area contributed by atoms with Gasteiger partial charge in [-0.25, -0.2) is 4.98 Å². The molecule has 1 aromatic carbocycles. The summed E-state index contributed by atoms with van der Waals surface area (Å²) in [5.74, 6) is 1.07. The van der Waals surface area contributed by atoms with Gasteiger partial charge in [0.25, 0.3) is 0 Å². The summed E-state index contributed by atoms with van der Waals surface area (Å²) in [4.78, 5) is 4.86. The van der Waals surface area contributed by atoms with Crippen molar-refractivity contribution in [2.24, 2.45) is 5.73 Å². The van der Waals surface area contributed by atoms with Crippen LogP contribution >= 0.6 is 0 Å².